The third-order valence-corrected chi connectivity index (χ3v) is 8.23. The molecule has 2 atom stereocenters. The lowest BCUT2D eigenvalue weighted by molar-refractivity contribution is 0.00587. The predicted molar refractivity (Wildman–Crippen MR) is 159 cm³/mol. The first-order valence-corrected chi connectivity index (χ1v) is 13.7. The molecule has 0 saturated carbocycles. The summed E-state index contributed by atoms with van der Waals surface area (Å²) in [6.07, 6.45) is 8.12. The molecule has 2 aromatic heterocycles. The zero-order chi connectivity index (χ0) is 30.6. The minimum atomic E-state index is -3.35. The molecular formula is C31H35F3N6O2. The number of allylic oxidation sites excluding steroid dienone is 1. The van der Waals surface area contributed by atoms with E-state index in [-0.39, 0.29) is 35.4 Å². The van der Waals surface area contributed by atoms with Gasteiger partial charge in [-0.2, -0.15) is 8.78 Å². The second-order valence-corrected chi connectivity index (χ2v) is 11.2. The molecule has 0 spiro atoms. The van der Waals surface area contributed by atoms with Crippen molar-refractivity contribution in [2.45, 2.75) is 25.8 Å². The van der Waals surface area contributed by atoms with Gasteiger partial charge in [-0.25, -0.2) is 9.37 Å². The second-order valence-electron chi connectivity index (χ2n) is 11.2. The van der Waals surface area contributed by atoms with Crippen molar-refractivity contribution < 1.29 is 18.0 Å². The van der Waals surface area contributed by atoms with E-state index in [9.17, 15) is 10.0 Å². The molecule has 11 heteroatoms. The number of nitrogens with one attached hydrogen (secondary N) is 1. The normalized spacial score (nSPS) is 21.2. The highest BCUT2D eigenvalue weighted by molar-refractivity contribution is 5.95. The number of rotatable bonds is 6. The molecule has 1 aromatic carbocycles. The number of nitrogens with zero attached hydrogens (tertiary/aromatic N) is 5. The maximum Gasteiger partial charge on any atom is 0.286 e. The summed E-state index contributed by atoms with van der Waals surface area (Å²) >= 11 is 0. The molecule has 0 bridgehead atoms. The topological polar surface area (TPSA) is 76.5 Å². The first kappa shape index (κ1) is 29.6. The summed E-state index contributed by atoms with van der Waals surface area (Å²) in [6.45, 7) is 3.11. The minimum absolute atomic E-state index is 0.109. The maximum atomic E-state index is 15.7. The average Bonchev–Trinajstić information content (AvgIpc) is 3.28. The van der Waals surface area contributed by atoms with Crippen LogP contribution in [0.15, 0.2) is 60.6 Å². The van der Waals surface area contributed by atoms with Gasteiger partial charge in [0.1, 0.15) is 29.9 Å². The number of aryl methyl sites for hydroxylation is 2. The lowest BCUT2D eigenvalue weighted by Gasteiger charge is -2.39. The number of carbonyl (C=O) groups excluding carboxylic acids is 1. The van der Waals surface area contributed by atoms with E-state index in [2.05, 4.69) is 10.3 Å². The summed E-state index contributed by atoms with van der Waals surface area (Å²) in [6, 6.07) is 5.57. The van der Waals surface area contributed by atoms with Crippen LogP contribution < -0.4 is 9.96 Å². The van der Waals surface area contributed by atoms with Gasteiger partial charge in [0.15, 0.2) is 0 Å². The molecule has 0 aliphatic carbocycles. The van der Waals surface area contributed by atoms with Gasteiger partial charge in [-0.05, 0) is 43.7 Å². The second kappa shape index (κ2) is 10.7. The Hall–Kier alpha value is -3.93. The summed E-state index contributed by atoms with van der Waals surface area (Å²) in [5.41, 5.74) is 2.53. The number of hydrogen-bond donors (Lipinski definition) is 1. The van der Waals surface area contributed by atoms with E-state index in [1.54, 1.807) is 50.6 Å². The van der Waals surface area contributed by atoms with Gasteiger partial charge in [-0.15, -0.1) is 0 Å². The third-order valence-electron chi connectivity index (χ3n) is 8.23. The Morgan fingerprint density at radius 2 is 1.98 bits per heavy atom. The minimum Gasteiger partial charge on any atom is -0.622 e. The van der Waals surface area contributed by atoms with Crippen LogP contribution in [0.4, 0.5) is 18.9 Å². The zero-order valence-electron chi connectivity index (χ0n) is 24.6. The molecule has 2 unspecified atom stereocenters. The Kier molecular flexibility index (Phi) is 7.55. The van der Waals surface area contributed by atoms with Crippen molar-refractivity contribution >= 4 is 28.2 Å². The van der Waals surface area contributed by atoms with Crippen molar-refractivity contribution in [3.05, 3.63) is 94.0 Å². The first-order chi connectivity index (χ1) is 19.8. The molecule has 3 aromatic rings. The lowest BCUT2D eigenvalue weighted by atomic mass is 9.90. The monoisotopic (exact) mass is 580 g/mol. The van der Waals surface area contributed by atoms with Crippen molar-refractivity contribution in [1.82, 2.24) is 29.3 Å². The average molecular weight is 581 g/mol. The fraction of sp³-hybridized carbons (Fsp3) is 0.355. The van der Waals surface area contributed by atoms with E-state index in [4.69, 9.17) is 0 Å². The Balaban J connectivity index is 1.46. The van der Waals surface area contributed by atoms with Crippen LogP contribution in [0, 0.1) is 17.9 Å². The van der Waals surface area contributed by atoms with Crippen LogP contribution in [0.1, 0.15) is 40.1 Å². The number of alkyl halides is 2. The van der Waals surface area contributed by atoms with Crippen molar-refractivity contribution in [2.24, 2.45) is 7.05 Å². The van der Waals surface area contributed by atoms with Gasteiger partial charge in [-0.1, -0.05) is 6.08 Å². The van der Waals surface area contributed by atoms with E-state index in [0.29, 0.717) is 16.7 Å². The van der Waals surface area contributed by atoms with E-state index in [0.717, 1.165) is 17.5 Å². The van der Waals surface area contributed by atoms with Crippen LogP contribution in [0.25, 0.3) is 16.6 Å². The van der Waals surface area contributed by atoms with E-state index in [1.165, 1.54) is 24.0 Å². The number of hydroxylamine groups is 2. The van der Waals surface area contributed by atoms with Crippen LogP contribution in [-0.4, -0.2) is 72.0 Å². The standard InChI is InChI=1S/C31H35F3N6O2/c1-19-15-21(30(41)37(4)5)16-25(32)28(19)24-8-12-39(18-31(24,33)34)20(2)26-17-23-27(7-11-36-29(23)38(26)6)40(42)13-9-22(35-3)10-14-40/h7-11,13,15-17,20,35H,12,14,18H2,1-6H3. The lowest BCUT2D eigenvalue weighted by Crippen LogP contribution is -2.43. The summed E-state index contributed by atoms with van der Waals surface area (Å²) in [4.78, 5) is 19.7. The number of amides is 1. The molecule has 2 aliphatic heterocycles. The molecule has 42 heavy (non-hydrogen) atoms. The molecular weight excluding hydrogens is 545 g/mol. The number of quaternary nitrogens is 1. The number of likely N-dealkylation sites (N-methyl/N-ethyl adjacent to an activating group) is 1. The van der Waals surface area contributed by atoms with Gasteiger partial charge in [-0.3, -0.25) is 14.3 Å². The number of hydrogen-bond acceptors (Lipinski definition) is 5. The van der Waals surface area contributed by atoms with E-state index < -0.39 is 34.9 Å². The quantitative estimate of drug-likeness (QED) is 0.318. The number of halogens is 3. The number of fused-ring (bicyclic) bond motifs is 1. The highest BCUT2D eigenvalue weighted by Crippen LogP contribution is 2.42. The first-order valence-electron chi connectivity index (χ1n) is 13.7. The van der Waals surface area contributed by atoms with Gasteiger partial charge >= 0.3 is 0 Å². The Morgan fingerprint density at radius 3 is 2.57 bits per heavy atom. The highest BCUT2D eigenvalue weighted by atomic mass is 19.3. The summed E-state index contributed by atoms with van der Waals surface area (Å²) in [5.74, 6) is -4.60. The van der Waals surface area contributed by atoms with Crippen LogP contribution >= 0.6 is 0 Å². The van der Waals surface area contributed by atoms with Gasteiger partial charge in [0, 0.05) is 87.2 Å². The largest absolute Gasteiger partial charge is 0.622 e. The van der Waals surface area contributed by atoms with Crippen LogP contribution in [0.2, 0.25) is 0 Å². The number of carbonyl (C=O) groups is 1. The molecule has 1 amide bonds. The fourth-order valence-corrected chi connectivity index (χ4v) is 5.88. The van der Waals surface area contributed by atoms with E-state index in [1.807, 2.05) is 30.7 Å². The van der Waals surface area contributed by atoms with Gasteiger partial charge in [0.05, 0.1) is 11.9 Å². The third kappa shape index (κ3) is 5.01. The molecule has 222 valence electrons. The molecule has 5 rings (SSSR count). The van der Waals surface area contributed by atoms with Gasteiger partial charge in [0.2, 0.25) is 0 Å². The predicted octanol–water partition coefficient (Wildman–Crippen LogP) is 5.25. The van der Waals surface area contributed by atoms with Crippen molar-refractivity contribution in [2.75, 3.05) is 40.8 Å². The van der Waals surface area contributed by atoms with Gasteiger partial charge in [0.25, 0.3) is 11.8 Å². The Labute approximate surface area is 243 Å². The van der Waals surface area contributed by atoms with Crippen molar-refractivity contribution in [3.8, 4) is 0 Å². The molecule has 8 nitrogen and oxygen atoms in total. The number of aromatic nitrogens is 2. The summed E-state index contributed by atoms with van der Waals surface area (Å²) < 4.78 is 47.8. The molecule has 0 radical (unpaired) electrons. The molecule has 2 aliphatic rings. The Bertz CT molecular complexity index is 1630. The van der Waals surface area contributed by atoms with E-state index >= 15 is 13.2 Å². The molecule has 1 N–H and O–H groups in total. The summed E-state index contributed by atoms with van der Waals surface area (Å²) in [5, 5.41) is 17.5. The molecule has 4 heterocycles. The van der Waals surface area contributed by atoms with Crippen molar-refractivity contribution in [1.29, 1.82) is 0 Å². The van der Waals surface area contributed by atoms with Gasteiger partial charge < -0.3 is 20.0 Å². The summed E-state index contributed by atoms with van der Waals surface area (Å²) in [7, 11) is 6.70. The highest BCUT2D eigenvalue weighted by Gasteiger charge is 2.43. The van der Waals surface area contributed by atoms with Crippen LogP contribution in [-0.2, 0) is 7.05 Å². The fourth-order valence-electron chi connectivity index (χ4n) is 5.88. The smallest absolute Gasteiger partial charge is 0.286 e. The van der Waals surface area contributed by atoms with Crippen LogP contribution in [0.5, 0.6) is 0 Å². The Morgan fingerprint density at radius 1 is 1.24 bits per heavy atom. The van der Waals surface area contributed by atoms with Crippen LogP contribution in [0.3, 0.4) is 0 Å². The van der Waals surface area contributed by atoms with Crippen molar-refractivity contribution in [3.63, 3.8) is 0 Å². The zero-order valence-corrected chi connectivity index (χ0v) is 24.6. The number of pyridine rings is 1. The SMILES string of the molecule is CNC1=CC[N+]([O-])(c2ccnc3c2cc(C(C)N2CC=C(c4c(C)cc(C(=O)N(C)C)cc4F)C(F)(F)C2)n3C)C=C1. The molecule has 0 saturated heterocycles. The number of benzene rings is 1. The molecule has 0 fully saturated rings. The maximum absolute atomic E-state index is 15.7.